The molecule has 2 heterocycles. The van der Waals surface area contributed by atoms with Crippen molar-refractivity contribution >= 4 is 35.2 Å². The standard InChI is InChI=1S/C10H14F2N3O13P3/c11-8(12)10(4-25-30(21,22)28-31(23,24)27-29(18,19)20)5(16)3-7(26-10)15-2-1-6(13)14-9(15)17/h1-3,5,8,16H,4H2,(H,21,22)(H,23,24)(H2,13,14,17)(H2,18,19,20)/t5-,10+/m0/s1. The van der Waals surface area contributed by atoms with E-state index in [1.54, 1.807) is 0 Å². The molecule has 1 aliphatic rings. The van der Waals surface area contributed by atoms with Gasteiger partial charge in [0.25, 0.3) is 6.43 Å². The third-order valence-corrected chi connectivity index (χ3v) is 7.18. The van der Waals surface area contributed by atoms with Gasteiger partial charge < -0.3 is 35.2 Å². The smallest absolute Gasteiger partial charge is 0.460 e. The molecule has 16 nitrogen and oxygen atoms in total. The van der Waals surface area contributed by atoms with Crippen molar-refractivity contribution in [3.8, 4) is 0 Å². The Labute approximate surface area is 169 Å². The van der Waals surface area contributed by atoms with Gasteiger partial charge in [0.15, 0.2) is 0 Å². The quantitative estimate of drug-likeness (QED) is 0.224. The minimum absolute atomic E-state index is 0.215. The summed E-state index contributed by atoms with van der Waals surface area (Å²) in [7, 11) is -17.4. The zero-order valence-corrected chi connectivity index (χ0v) is 17.3. The first kappa shape index (κ1) is 25.7. The van der Waals surface area contributed by atoms with Crippen LogP contribution in [0.25, 0.3) is 5.88 Å². The molecule has 1 aromatic rings. The van der Waals surface area contributed by atoms with Crippen LogP contribution in [0.15, 0.2) is 23.1 Å². The number of nitrogens with zero attached hydrogens (tertiary/aromatic N) is 2. The van der Waals surface area contributed by atoms with Gasteiger partial charge in [-0.05, 0) is 6.07 Å². The normalized spacial score (nSPS) is 25.5. The maximum atomic E-state index is 13.7. The molecule has 0 fully saturated rings. The summed E-state index contributed by atoms with van der Waals surface area (Å²) < 4.78 is 77.4. The molecule has 0 bridgehead atoms. The number of ether oxygens (including phenoxy) is 1. The summed E-state index contributed by atoms with van der Waals surface area (Å²) in [5.41, 5.74) is 1.09. The van der Waals surface area contributed by atoms with Gasteiger partial charge in [-0.1, -0.05) is 0 Å². The Morgan fingerprint density at radius 3 is 2.35 bits per heavy atom. The zero-order valence-electron chi connectivity index (χ0n) is 14.7. The fourth-order valence-corrected chi connectivity index (χ4v) is 5.18. The molecule has 7 N–H and O–H groups in total. The van der Waals surface area contributed by atoms with Crippen LogP contribution in [0.4, 0.5) is 14.6 Å². The van der Waals surface area contributed by atoms with Crippen molar-refractivity contribution in [1.29, 1.82) is 0 Å². The molecule has 0 aliphatic carbocycles. The number of nitrogens with two attached hydrogens (primary N) is 1. The number of aliphatic hydroxyl groups excluding tert-OH is 1. The third-order valence-electron chi connectivity index (χ3n) is 3.40. The van der Waals surface area contributed by atoms with Gasteiger partial charge >= 0.3 is 29.2 Å². The second kappa shape index (κ2) is 8.77. The summed E-state index contributed by atoms with van der Waals surface area (Å²) in [5, 5.41) is 10.0. The number of anilines is 1. The molecule has 0 radical (unpaired) electrons. The molecule has 1 aliphatic heterocycles. The Balaban J connectivity index is 2.21. The molecule has 31 heavy (non-hydrogen) atoms. The van der Waals surface area contributed by atoms with Crippen LogP contribution in [0.2, 0.25) is 0 Å². The minimum atomic E-state index is -5.90. The fourth-order valence-electron chi connectivity index (χ4n) is 2.12. The molecule has 0 saturated heterocycles. The van der Waals surface area contributed by atoms with Crippen molar-refractivity contribution in [2.24, 2.45) is 0 Å². The first-order valence-corrected chi connectivity index (χ1v) is 12.0. The Morgan fingerprint density at radius 2 is 1.84 bits per heavy atom. The highest BCUT2D eigenvalue weighted by Crippen LogP contribution is 2.66. The van der Waals surface area contributed by atoms with Gasteiger partial charge in [-0.2, -0.15) is 13.6 Å². The topological polar surface area (TPSA) is 250 Å². The van der Waals surface area contributed by atoms with Crippen LogP contribution in [0, 0.1) is 0 Å². The summed E-state index contributed by atoms with van der Waals surface area (Å²) >= 11 is 0. The van der Waals surface area contributed by atoms with Crippen LogP contribution in [0.1, 0.15) is 0 Å². The SMILES string of the molecule is Nc1ccn(C2=C[C@H](O)[C@](COP(=O)(O)OP(=O)(O)OP(=O)(O)O)(C(F)F)O2)c(=O)n1. The summed E-state index contributed by atoms with van der Waals surface area (Å²) in [4.78, 5) is 50.5. The molecule has 2 unspecified atom stereocenters. The number of phosphoric ester groups is 1. The molecule has 0 saturated carbocycles. The summed E-state index contributed by atoms with van der Waals surface area (Å²) in [6.45, 7) is -1.67. The number of alkyl halides is 2. The van der Waals surface area contributed by atoms with Crippen molar-refractivity contribution in [3.63, 3.8) is 0 Å². The largest absolute Gasteiger partial charge is 0.490 e. The van der Waals surface area contributed by atoms with Crippen LogP contribution >= 0.6 is 23.5 Å². The predicted octanol–water partition coefficient (Wildman–Crippen LogP) is -0.638. The number of phosphoric acid groups is 3. The van der Waals surface area contributed by atoms with Gasteiger partial charge in [0.2, 0.25) is 11.5 Å². The highest BCUT2D eigenvalue weighted by Gasteiger charge is 2.55. The van der Waals surface area contributed by atoms with Gasteiger partial charge in [-0.3, -0.25) is 4.52 Å². The second-order valence-corrected chi connectivity index (χ2v) is 10.1. The number of hydrogen-bond acceptors (Lipinski definition) is 11. The number of halogens is 2. The second-order valence-electron chi connectivity index (χ2n) is 5.68. The van der Waals surface area contributed by atoms with Crippen LogP contribution in [-0.2, 0) is 31.6 Å². The lowest BCUT2D eigenvalue weighted by atomic mass is 10.00. The maximum Gasteiger partial charge on any atom is 0.490 e. The highest BCUT2D eigenvalue weighted by atomic mass is 31.3. The number of rotatable bonds is 9. The number of hydrogen-bond donors (Lipinski definition) is 6. The third kappa shape index (κ3) is 6.47. The van der Waals surface area contributed by atoms with Crippen molar-refractivity contribution in [2.45, 2.75) is 18.1 Å². The van der Waals surface area contributed by atoms with Gasteiger partial charge in [0.05, 0.1) is 0 Å². The Morgan fingerprint density at radius 1 is 1.23 bits per heavy atom. The summed E-state index contributed by atoms with van der Waals surface area (Å²) in [6.07, 6.45) is -4.31. The van der Waals surface area contributed by atoms with Gasteiger partial charge in [-0.25, -0.2) is 31.8 Å². The summed E-state index contributed by atoms with van der Waals surface area (Å²) in [5.74, 6) is -0.895. The van der Waals surface area contributed by atoms with Crippen LogP contribution < -0.4 is 11.4 Å². The Kier molecular flexibility index (Phi) is 7.27. The molecule has 21 heteroatoms. The van der Waals surface area contributed by atoms with Crippen molar-refractivity contribution in [2.75, 3.05) is 12.3 Å². The highest BCUT2D eigenvalue weighted by molar-refractivity contribution is 7.66. The van der Waals surface area contributed by atoms with Crippen molar-refractivity contribution in [3.05, 3.63) is 28.8 Å². The van der Waals surface area contributed by atoms with Crippen molar-refractivity contribution < 1.29 is 65.0 Å². The van der Waals surface area contributed by atoms with E-state index in [2.05, 4.69) is 18.1 Å². The average molecular weight is 515 g/mol. The van der Waals surface area contributed by atoms with E-state index in [4.69, 9.17) is 25.2 Å². The first-order chi connectivity index (χ1) is 14.0. The van der Waals surface area contributed by atoms with E-state index in [1.165, 1.54) is 0 Å². The van der Waals surface area contributed by atoms with Gasteiger partial charge in [-0.15, -0.1) is 0 Å². The van der Waals surface area contributed by atoms with E-state index in [-0.39, 0.29) is 5.82 Å². The molecule has 1 aromatic heterocycles. The Hall–Kier alpha value is -1.55. The lowest BCUT2D eigenvalue weighted by Crippen LogP contribution is -2.51. The van der Waals surface area contributed by atoms with E-state index >= 15 is 0 Å². The molecule has 2 rings (SSSR count). The van der Waals surface area contributed by atoms with Crippen molar-refractivity contribution in [1.82, 2.24) is 9.55 Å². The van der Waals surface area contributed by atoms with E-state index in [9.17, 15) is 37.3 Å². The maximum absolute atomic E-state index is 13.7. The molecule has 0 amide bonds. The molecule has 0 aromatic carbocycles. The van der Waals surface area contributed by atoms with Crippen LogP contribution in [0.5, 0.6) is 0 Å². The lowest BCUT2D eigenvalue weighted by molar-refractivity contribution is -0.153. The summed E-state index contributed by atoms with van der Waals surface area (Å²) in [6, 6.07) is 1.09. The average Bonchev–Trinajstić information content (AvgIpc) is 2.87. The zero-order chi connectivity index (χ0) is 23.8. The molecular weight excluding hydrogens is 501 g/mol. The van der Waals surface area contributed by atoms with E-state index < -0.39 is 59.8 Å². The van der Waals surface area contributed by atoms with Crippen LogP contribution in [0.3, 0.4) is 0 Å². The first-order valence-electron chi connectivity index (χ1n) is 7.47. The van der Waals surface area contributed by atoms with Crippen LogP contribution in [-0.4, -0.2) is 59.0 Å². The number of aliphatic hydroxyl groups is 1. The van der Waals surface area contributed by atoms with Gasteiger partial charge in [0.1, 0.15) is 18.5 Å². The Bertz CT molecular complexity index is 1070. The molecule has 0 spiro atoms. The van der Waals surface area contributed by atoms with E-state index in [0.29, 0.717) is 10.6 Å². The minimum Gasteiger partial charge on any atom is -0.460 e. The molecule has 176 valence electrons. The predicted molar refractivity (Wildman–Crippen MR) is 92.8 cm³/mol. The fraction of sp³-hybridized carbons (Fsp3) is 0.400. The van der Waals surface area contributed by atoms with E-state index in [0.717, 1.165) is 12.3 Å². The number of aromatic nitrogens is 2. The van der Waals surface area contributed by atoms with Gasteiger partial charge in [0, 0.05) is 12.3 Å². The molecule has 4 atom stereocenters. The van der Waals surface area contributed by atoms with E-state index in [1.807, 2.05) is 0 Å². The monoisotopic (exact) mass is 515 g/mol. The molecular formula is C10H14F2N3O13P3. The number of nitrogen functional groups attached to an aromatic ring is 1. The lowest BCUT2D eigenvalue weighted by Gasteiger charge is -2.31.